The summed E-state index contributed by atoms with van der Waals surface area (Å²) in [5.74, 6) is 1.21. The predicted octanol–water partition coefficient (Wildman–Crippen LogP) is 8.48. The Morgan fingerprint density at radius 1 is 0.821 bits per heavy atom. The molecular weight excluding hydrogens is 478 g/mol. The molecule has 0 fully saturated rings. The second kappa shape index (κ2) is 10.5. The van der Waals surface area contributed by atoms with Crippen molar-refractivity contribution >= 4 is 40.3 Å². The van der Waals surface area contributed by atoms with E-state index in [4.69, 9.17) is 14.4 Å². The van der Waals surface area contributed by atoms with E-state index in [1.165, 1.54) is 5.56 Å². The number of amidine groups is 2. The van der Waals surface area contributed by atoms with Crippen molar-refractivity contribution in [3.8, 4) is 0 Å². The first-order valence-electron chi connectivity index (χ1n) is 13.1. The highest BCUT2D eigenvalue weighted by molar-refractivity contribution is 6.13. The van der Waals surface area contributed by atoms with E-state index in [1.807, 2.05) is 66.7 Å². The van der Waals surface area contributed by atoms with Crippen LogP contribution in [0.1, 0.15) is 30.0 Å². The van der Waals surface area contributed by atoms with Gasteiger partial charge in [0.1, 0.15) is 11.2 Å². The maximum atomic E-state index is 6.17. The lowest BCUT2D eigenvalue weighted by Crippen LogP contribution is -2.21. The first-order valence-corrected chi connectivity index (χ1v) is 13.1. The molecule has 1 atom stereocenters. The summed E-state index contributed by atoms with van der Waals surface area (Å²) in [7, 11) is 0. The summed E-state index contributed by atoms with van der Waals surface area (Å²) in [5.41, 5.74) is 5.88. The van der Waals surface area contributed by atoms with Crippen LogP contribution in [-0.2, 0) is 12.0 Å². The van der Waals surface area contributed by atoms with Crippen LogP contribution in [0.5, 0.6) is 0 Å². The van der Waals surface area contributed by atoms with Crippen molar-refractivity contribution in [2.45, 2.75) is 25.3 Å². The molecule has 5 aromatic rings. The van der Waals surface area contributed by atoms with Gasteiger partial charge in [-0.05, 0) is 36.4 Å². The highest BCUT2D eigenvalue weighted by Crippen LogP contribution is 2.37. The van der Waals surface area contributed by atoms with E-state index in [1.54, 1.807) is 0 Å². The number of para-hydroxylation sites is 1. The molecule has 4 aromatic carbocycles. The lowest BCUT2D eigenvalue weighted by atomic mass is 9.76. The van der Waals surface area contributed by atoms with Gasteiger partial charge in [-0.2, -0.15) is 0 Å². The summed E-state index contributed by atoms with van der Waals surface area (Å²) in [4.78, 5) is 14.0. The molecule has 6 rings (SSSR count). The van der Waals surface area contributed by atoms with Gasteiger partial charge in [0.25, 0.3) is 0 Å². The van der Waals surface area contributed by atoms with E-state index in [0.717, 1.165) is 45.1 Å². The third kappa shape index (κ3) is 5.01. The molecule has 0 saturated carbocycles. The fraction of sp³-hybridized carbons (Fsp3) is 0.114. The van der Waals surface area contributed by atoms with Gasteiger partial charge < -0.3 is 4.42 Å². The Bertz CT molecular complexity index is 1770. The normalized spacial score (nSPS) is 17.9. The van der Waals surface area contributed by atoms with Crippen LogP contribution >= 0.6 is 0 Å². The van der Waals surface area contributed by atoms with Gasteiger partial charge in [-0.3, -0.25) is 4.99 Å². The van der Waals surface area contributed by atoms with Crippen molar-refractivity contribution in [1.29, 1.82) is 0 Å². The van der Waals surface area contributed by atoms with Gasteiger partial charge in [-0.25, -0.2) is 9.98 Å². The van der Waals surface area contributed by atoms with Crippen molar-refractivity contribution in [2.75, 3.05) is 0 Å². The fourth-order valence-corrected chi connectivity index (χ4v) is 5.01. The van der Waals surface area contributed by atoms with E-state index in [0.29, 0.717) is 18.2 Å². The van der Waals surface area contributed by atoms with Crippen LogP contribution in [0.3, 0.4) is 0 Å². The van der Waals surface area contributed by atoms with Gasteiger partial charge in [0.05, 0.1) is 6.54 Å². The van der Waals surface area contributed by atoms with Crippen LogP contribution in [0.15, 0.2) is 146 Å². The smallest absolute Gasteiger partial charge is 0.161 e. The van der Waals surface area contributed by atoms with Crippen molar-refractivity contribution in [3.63, 3.8) is 0 Å². The van der Waals surface area contributed by atoms with Crippen molar-refractivity contribution in [3.05, 3.63) is 144 Å². The summed E-state index contributed by atoms with van der Waals surface area (Å²) in [6.45, 7) is 6.56. The van der Waals surface area contributed by atoms with E-state index < -0.39 is 0 Å². The number of aliphatic imine (C=N–C) groups is 3. The molecule has 4 nitrogen and oxygen atoms in total. The molecular formula is C35H29N3O. The number of nitrogens with zero attached hydrogens (tertiary/aromatic N) is 3. The number of rotatable bonds is 5. The van der Waals surface area contributed by atoms with Gasteiger partial charge in [0.15, 0.2) is 11.7 Å². The summed E-state index contributed by atoms with van der Waals surface area (Å²) in [6, 6.07) is 34.9. The van der Waals surface area contributed by atoms with E-state index in [9.17, 15) is 0 Å². The highest BCUT2D eigenvalue weighted by atomic mass is 16.3. The zero-order chi connectivity index (χ0) is 26.7. The quantitative estimate of drug-likeness (QED) is 0.174. The SMILES string of the molecule is C=N/C(=N\C(=N/Cc1ccccc1)C1=CCC(C)(c2ccc3c(c2)oc2ccccc23)C=C1)c1ccccc1. The molecule has 0 saturated heterocycles. The van der Waals surface area contributed by atoms with Gasteiger partial charge in [-0.1, -0.05) is 116 Å². The fourth-order valence-electron chi connectivity index (χ4n) is 5.01. The first kappa shape index (κ1) is 24.5. The second-order valence-corrected chi connectivity index (χ2v) is 10.0. The number of allylic oxidation sites excluding steroid dienone is 2. The molecule has 1 unspecified atom stereocenters. The molecule has 1 aromatic heterocycles. The van der Waals surface area contributed by atoms with Crippen LogP contribution in [0, 0.1) is 0 Å². The Morgan fingerprint density at radius 3 is 2.28 bits per heavy atom. The minimum atomic E-state index is -0.177. The Balaban J connectivity index is 1.33. The van der Waals surface area contributed by atoms with Crippen LogP contribution in [0.2, 0.25) is 0 Å². The molecule has 1 aliphatic carbocycles. The van der Waals surface area contributed by atoms with Crippen molar-refractivity contribution < 1.29 is 4.42 Å². The van der Waals surface area contributed by atoms with Crippen LogP contribution < -0.4 is 0 Å². The summed E-state index contributed by atoms with van der Waals surface area (Å²) in [5, 5.41) is 2.29. The molecule has 0 radical (unpaired) electrons. The second-order valence-electron chi connectivity index (χ2n) is 10.0. The monoisotopic (exact) mass is 507 g/mol. The lowest BCUT2D eigenvalue weighted by molar-refractivity contribution is 0.595. The maximum Gasteiger partial charge on any atom is 0.161 e. The standard InChI is InChI=1S/C35H29N3O/c1-35(28-17-18-30-29-15-9-10-16-31(29)39-32(30)23-28)21-19-27(20-22-35)34(37-24-25-11-5-3-6-12-25)38-33(36-2)26-13-7-4-8-14-26/h3-21,23H,2,22,24H2,1H3/b37-34-,38-33-. The minimum absolute atomic E-state index is 0.177. The van der Waals surface area contributed by atoms with Gasteiger partial charge in [0.2, 0.25) is 0 Å². The third-order valence-corrected chi connectivity index (χ3v) is 7.32. The molecule has 0 spiro atoms. The Labute approximate surface area is 228 Å². The van der Waals surface area contributed by atoms with Gasteiger partial charge in [0, 0.05) is 27.3 Å². The van der Waals surface area contributed by atoms with Gasteiger partial charge >= 0.3 is 0 Å². The summed E-state index contributed by atoms with van der Waals surface area (Å²) in [6.07, 6.45) is 7.42. The van der Waals surface area contributed by atoms with E-state index in [2.05, 4.69) is 73.3 Å². The first-order chi connectivity index (χ1) is 19.1. The average molecular weight is 508 g/mol. The Kier molecular flexibility index (Phi) is 6.60. The summed E-state index contributed by atoms with van der Waals surface area (Å²) < 4.78 is 6.17. The zero-order valence-corrected chi connectivity index (χ0v) is 21.9. The molecule has 1 aliphatic rings. The molecule has 4 heteroatoms. The number of hydrogen-bond donors (Lipinski definition) is 0. The van der Waals surface area contributed by atoms with Crippen LogP contribution in [-0.4, -0.2) is 18.4 Å². The molecule has 0 amide bonds. The van der Waals surface area contributed by atoms with Crippen LogP contribution in [0.25, 0.3) is 21.9 Å². The molecule has 39 heavy (non-hydrogen) atoms. The largest absolute Gasteiger partial charge is 0.456 e. The number of hydrogen-bond acceptors (Lipinski definition) is 2. The topological polar surface area (TPSA) is 50.2 Å². The molecule has 190 valence electrons. The predicted molar refractivity (Wildman–Crippen MR) is 163 cm³/mol. The van der Waals surface area contributed by atoms with E-state index in [-0.39, 0.29) is 5.41 Å². The average Bonchev–Trinajstić information content (AvgIpc) is 3.37. The van der Waals surface area contributed by atoms with E-state index >= 15 is 0 Å². The van der Waals surface area contributed by atoms with Crippen molar-refractivity contribution in [1.82, 2.24) is 0 Å². The maximum absolute atomic E-state index is 6.17. The molecule has 0 bridgehead atoms. The number of furan rings is 1. The third-order valence-electron chi connectivity index (χ3n) is 7.32. The Hall–Kier alpha value is -4.83. The zero-order valence-electron chi connectivity index (χ0n) is 21.9. The van der Waals surface area contributed by atoms with Crippen LogP contribution in [0.4, 0.5) is 0 Å². The molecule has 1 heterocycles. The Morgan fingerprint density at radius 2 is 1.54 bits per heavy atom. The van der Waals surface area contributed by atoms with Crippen molar-refractivity contribution in [2.24, 2.45) is 15.0 Å². The lowest BCUT2D eigenvalue weighted by Gasteiger charge is -2.28. The molecule has 0 N–H and O–H groups in total. The van der Waals surface area contributed by atoms with Gasteiger partial charge in [-0.15, -0.1) is 0 Å². The number of benzene rings is 4. The summed E-state index contributed by atoms with van der Waals surface area (Å²) >= 11 is 0. The number of fused-ring (bicyclic) bond motifs is 3. The highest BCUT2D eigenvalue weighted by Gasteiger charge is 2.27. The minimum Gasteiger partial charge on any atom is -0.456 e. The molecule has 0 aliphatic heterocycles.